The average molecular weight is 203 g/mol. The van der Waals surface area contributed by atoms with Crippen molar-refractivity contribution >= 4 is 18.5 Å². The van der Waals surface area contributed by atoms with E-state index in [1.165, 1.54) is 0 Å². The molecular formula is C11H13N3O. The molecule has 4 nitrogen and oxygen atoms in total. The molecule has 78 valence electrons. The van der Waals surface area contributed by atoms with Gasteiger partial charge in [-0.25, -0.2) is 0 Å². The van der Waals surface area contributed by atoms with E-state index in [2.05, 4.69) is 11.7 Å². The molecule has 4 N–H and O–H groups in total. The molecule has 0 spiro atoms. The van der Waals surface area contributed by atoms with Gasteiger partial charge >= 0.3 is 0 Å². The number of hydrogen-bond acceptors (Lipinski definition) is 4. The number of nitrogens with zero attached hydrogens (tertiary/aromatic N) is 1. The molecule has 1 aliphatic heterocycles. The number of nitrogens with two attached hydrogens (primary N) is 2. The highest BCUT2D eigenvalue weighted by Crippen LogP contribution is 2.34. The van der Waals surface area contributed by atoms with Gasteiger partial charge in [-0.3, -0.25) is 4.99 Å². The number of rotatable bonds is 1. The number of benzene rings is 1. The average Bonchev–Trinajstić information content (AvgIpc) is 2.16. The quantitative estimate of drug-likeness (QED) is 0.533. The Hall–Kier alpha value is -1.97. The molecule has 1 atom stereocenters. The first-order valence-electron chi connectivity index (χ1n) is 4.61. The number of aliphatic imine (C=N–C) groups is 1. The predicted octanol–water partition coefficient (Wildman–Crippen LogP) is 1.30. The van der Waals surface area contributed by atoms with Gasteiger partial charge in [0.2, 0.25) is 6.23 Å². The Balaban J connectivity index is 2.56. The van der Waals surface area contributed by atoms with Crippen LogP contribution in [0, 0.1) is 6.92 Å². The van der Waals surface area contributed by atoms with Crippen LogP contribution < -0.4 is 16.2 Å². The van der Waals surface area contributed by atoms with Crippen LogP contribution in [0.25, 0.3) is 6.08 Å². The van der Waals surface area contributed by atoms with E-state index in [-0.39, 0.29) is 0 Å². The lowest BCUT2D eigenvalue weighted by Gasteiger charge is -2.23. The fraction of sp³-hybridized carbons (Fsp3) is 0.182. The van der Waals surface area contributed by atoms with Crippen LogP contribution in [0.5, 0.6) is 5.75 Å². The van der Waals surface area contributed by atoms with Crippen LogP contribution in [0.2, 0.25) is 0 Å². The molecule has 0 radical (unpaired) electrons. The van der Waals surface area contributed by atoms with Gasteiger partial charge in [0.25, 0.3) is 0 Å². The monoisotopic (exact) mass is 203 g/mol. The smallest absolute Gasteiger partial charge is 0.229 e. The second-order valence-corrected chi connectivity index (χ2v) is 3.57. The van der Waals surface area contributed by atoms with E-state index in [1.807, 2.05) is 25.1 Å². The molecule has 15 heavy (non-hydrogen) atoms. The van der Waals surface area contributed by atoms with Crippen molar-refractivity contribution < 1.29 is 4.74 Å². The maximum Gasteiger partial charge on any atom is 0.229 e. The summed E-state index contributed by atoms with van der Waals surface area (Å²) < 4.78 is 5.53. The fourth-order valence-corrected chi connectivity index (χ4v) is 1.65. The number of hydrogen-bond donors (Lipinski definition) is 2. The molecule has 0 bridgehead atoms. The summed E-state index contributed by atoms with van der Waals surface area (Å²) in [6, 6.07) is 3.83. The van der Waals surface area contributed by atoms with E-state index in [0.29, 0.717) is 17.1 Å². The molecule has 2 rings (SSSR count). The van der Waals surface area contributed by atoms with Gasteiger partial charge in [0.1, 0.15) is 0 Å². The van der Waals surface area contributed by atoms with Gasteiger partial charge in [-0.05, 0) is 37.4 Å². The summed E-state index contributed by atoms with van der Waals surface area (Å²) in [7, 11) is 0. The van der Waals surface area contributed by atoms with E-state index in [4.69, 9.17) is 16.2 Å². The molecule has 1 aromatic rings. The molecule has 4 heteroatoms. The molecule has 0 saturated carbocycles. The van der Waals surface area contributed by atoms with Crippen molar-refractivity contribution in [3.05, 3.63) is 29.0 Å². The molecule has 0 saturated heterocycles. The molecule has 0 fully saturated rings. The van der Waals surface area contributed by atoms with Gasteiger partial charge in [0, 0.05) is 5.56 Å². The molecule has 1 heterocycles. The van der Waals surface area contributed by atoms with E-state index < -0.39 is 6.23 Å². The van der Waals surface area contributed by atoms with Gasteiger partial charge in [0.05, 0.1) is 11.4 Å². The lowest BCUT2D eigenvalue weighted by atomic mass is 10.1. The van der Waals surface area contributed by atoms with Crippen molar-refractivity contribution in [2.24, 2.45) is 10.7 Å². The van der Waals surface area contributed by atoms with Crippen molar-refractivity contribution in [1.82, 2.24) is 0 Å². The van der Waals surface area contributed by atoms with Crippen molar-refractivity contribution in [2.45, 2.75) is 13.2 Å². The predicted molar refractivity (Wildman–Crippen MR) is 61.7 cm³/mol. The maximum atomic E-state index is 5.85. The van der Waals surface area contributed by atoms with Gasteiger partial charge < -0.3 is 16.2 Å². The zero-order valence-corrected chi connectivity index (χ0v) is 8.53. The summed E-state index contributed by atoms with van der Waals surface area (Å²) in [5.74, 6) is 0.632. The Morgan fingerprint density at radius 3 is 2.80 bits per heavy atom. The molecule has 1 unspecified atom stereocenters. The first-order chi connectivity index (χ1) is 7.11. The van der Waals surface area contributed by atoms with Crippen molar-refractivity contribution in [1.29, 1.82) is 0 Å². The van der Waals surface area contributed by atoms with Crippen LogP contribution >= 0.6 is 0 Å². The standard InChI is InChI=1S/C11H13N3O/c1-6-3-7-5-9(13)11(14-2)15-10(7)8(12)4-6/h3-5,11H,2,12-13H2,1H3. The summed E-state index contributed by atoms with van der Waals surface area (Å²) in [6.45, 7) is 5.39. The minimum atomic E-state index is -0.525. The largest absolute Gasteiger partial charge is 0.460 e. The van der Waals surface area contributed by atoms with Crippen molar-refractivity contribution in [2.75, 3.05) is 5.73 Å². The van der Waals surface area contributed by atoms with E-state index >= 15 is 0 Å². The SMILES string of the molecule is C=NC1Oc2c(N)cc(C)cc2C=C1N. The summed E-state index contributed by atoms with van der Waals surface area (Å²) >= 11 is 0. The highest BCUT2D eigenvalue weighted by Gasteiger charge is 2.20. The van der Waals surface area contributed by atoms with Gasteiger partial charge in [-0.15, -0.1) is 0 Å². The second kappa shape index (κ2) is 3.31. The lowest BCUT2D eigenvalue weighted by molar-refractivity contribution is 0.244. The Bertz CT molecular complexity index is 451. The first kappa shape index (κ1) is 9.58. The van der Waals surface area contributed by atoms with Gasteiger partial charge in [-0.1, -0.05) is 0 Å². The summed E-state index contributed by atoms with van der Waals surface area (Å²) in [5, 5.41) is 0. The summed E-state index contributed by atoms with van der Waals surface area (Å²) in [6.07, 6.45) is 1.30. The minimum absolute atomic E-state index is 0.525. The number of nitrogen functional groups attached to an aromatic ring is 1. The molecule has 0 aromatic heterocycles. The third-order valence-corrected chi connectivity index (χ3v) is 2.29. The van der Waals surface area contributed by atoms with E-state index in [1.54, 1.807) is 0 Å². The molecule has 1 aliphatic rings. The molecule has 1 aromatic carbocycles. The molecule has 0 amide bonds. The van der Waals surface area contributed by atoms with Gasteiger partial charge in [-0.2, -0.15) is 0 Å². The van der Waals surface area contributed by atoms with E-state index in [0.717, 1.165) is 11.1 Å². The third-order valence-electron chi connectivity index (χ3n) is 2.29. The highest BCUT2D eigenvalue weighted by atomic mass is 16.5. The summed E-state index contributed by atoms with van der Waals surface area (Å²) in [4.78, 5) is 3.77. The molecular weight excluding hydrogens is 190 g/mol. The minimum Gasteiger partial charge on any atom is -0.460 e. The van der Waals surface area contributed by atoms with Crippen molar-refractivity contribution in [3.63, 3.8) is 0 Å². The number of fused-ring (bicyclic) bond motifs is 1. The van der Waals surface area contributed by atoms with E-state index in [9.17, 15) is 0 Å². The normalized spacial score (nSPS) is 18.7. The van der Waals surface area contributed by atoms with Crippen LogP contribution in [-0.2, 0) is 0 Å². The van der Waals surface area contributed by atoms with Crippen LogP contribution in [0.15, 0.2) is 22.8 Å². The van der Waals surface area contributed by atoms with Crippen LogP contribution in [-0.4, -0.2) is 12.9 Å². The van der Waals surface area contributed by atoms with Crippen LogP contribution in [0.1, 0.15) is 11.1 Å². The number of anilines is 1. The zero-order valence-electron chi connectivity index (χ0n) is 8.53. The third kappa shape index (κ3) is 1.54. The zero-order chi connectivity index (χ0) is 11.0. The Labute approximate surface area is 88.2 Å². The number of aryl methyl sites for hydroxylation is 1. The number of ether oxygens (including phenoxy) is 1. The van der Waals surface area contributed by atoms with Crippen LogP contribution in [0.3, 0.4) is 0 Å². The first-order valence-corrected chi connectivity index (χ1v) is 4.61. The Morgan fingerprint density at radius 2 is 2.13 bits per heavy atom. The highest BCUT2D eigenvalue weighted by molar-refractivity contribution is 5.72. The lowest BCUT2D eigenvalue weighted by Crippen LogP contribution is -2.25. The van der Waals surface area contributed by atoms with Gasteiger partial charge in [0.15, 0.2) is 5.75 Å². The summed E-state index contributed by atoms with van der Waals surface area (Å²) in [5.41, 5.74) is 14.7. The maximum absolute atomic E-state index is 5.85. The Kier molecular flexibility index (Phi) is 2.11. The fourth-order valence-electron chi connectivity index (χ4n) is 1.65. The van der Waals surface area contributed by atoms with Crippen LogP contribution in [0.4, 0.5) is 5.69 Å². The second-order valence-electron chi connectivity index (χ2n) is 3.57. The Morgan fingerprint density at radius 1 is 1.40 bits per heavy atom. The molecule has 0 aliphatic carbocycles. The topological polar surface area (TPSA) is 73.6 Å². The van der Waals surface area contributed by atoms with Crippen molar-refractivity contribution in [3.8, 4) is 5.75 Å².